The number of benzene rings is 4. The van der Waals surface area contributed by atoms with Gasteiger partial charge in [0.1, 0.15) is 22.9 Å². The summed E-state index contributed by atoms with van der Waals surface area (Å²) in [6.45, 7) is 1.24. The maximum atomic E-state index is 14.1. The summed E-state index contributed by atoms with van der Waals surface area (Å²) in [7, 11) is 0. The lowest BCUT2D eigenvalue weighted by atomic mass is 10.0. The molecule has 10 rings (SSSR count). The molecule has 0 bridgehead atoms. The summed E-state index contributed by atoms with van der Waals surface area (Å²) in [5, 5.41) is 7.03. The molecule has 4 aromatic carbocycles. The normalized spacial score (nSPS) is 19.5. The molecule has 4 amide bonds. The minimum Gasteiger partial charge on any atom is -0.340 e. The van der Waals surface area contributed by atoms with Crippen molar-refractivity contribution >= 4 is 35.0 Å². The van der Waals surface area contributed by atoms with Gasteiger partial charge in [0.25, 0.3) is 0 Å². The van der Waals surface area contributed by atoms with Crippen molar-refractivity contribution in [1.82, 2.24) is 35.4 Å². The summed E-state index contributed by atoms with van der Waals surface area (Å²) in [5.74, 6) is 0.482. The predicted octanol–water partition coefficient (Wildman–Crippen LogP) is 8.73. The highest BCUT2D eigenvalue weighted by Gasteiger charge is 2.41. The Hall–Kier alpha value is -6.40. The van der Waals surface area contributed by atoms with Gasteiger partial charge in [-0.25, -0.2) is 9.97 Å². The van der Waals surface area contributed by atoms with Crippen LogP contribution in [0.1, 0.15) is 97.5 Å². The van der Waals surface area contributed by atoms with Crippen LogP contribution in [-0.4, -0.2) is 61.5 Å². The number of likely N-dealkylation sites (tertiary alicyclic amines) is 2. The Balaban J connectivity index is 0.797. The van der Waals surface area contributed by atoms with Crippen molar-refractivity contribution in [2.75, 3.05) is 13.1 Å². The number of carbonyl (C=O) groups excluding carboxylic acids is 4. The Kier molecular flexibility index (Phi) is 11.0. The maximum absolute atomic E-state index is 14.1. The summed E-state index contributed by atoms with van der Waals surface area (Å²) in [4.78, 5) is 71.8. The number of amides is 4. The van der Waals surface area contributed by atoms with Crippen molar-refractivity contribution in [1.29, 1.82) is 0 Å². The van der Waals surface area contributed by atoms with Crippen molar-refractivity contribution < 1.29 is 19.2 Å². The van der Waals surface area contributed by atoms with Crippen molar-refractivity contribution in [2.24, 2.45) is 11.8 Å². The van der Waals surface area contributed by atoms with Gasteiger partial charge in [-0.15, -0.1) is 11.3 Å². The molecule has 6 aromatic rings. The maximum Gasteiger partial charge on any atom is 0.250 e. The van der Waals surface area contributed by atoms with E-state index in [9.17, 15) is 19.2 Å². The van der Waals surface area contributed by atoms with Crippen molar-refractivity contribution in [3.05, 3.63) is 144 Å². The molecule has 2 aliphatic heterocycles. The first-order valence-corrected chi connectivity index (χ1v) is 22.7. The Morgan fingerprint density at radius 2 is 1.05 bits per heavy atom. The standard InChI is InChI=1S/C50H49N7O4S/c58-46(37-23-24-37)54-43(35-9-3-1-4-10-35)49(60)56-27-7-13-40(56)45-51-29-39(53-45)33-19-15-31(16-20-33)32-17-21-34(22-18-32)42-30-52-48(62-42)41-14-8-28-57(41)50(61)44(36-11-5-2-6-12-36)55-47(59)38-25-26-38/h1-6,9-12,15-22,29-30,37-38,40-41,43-44H,7-8,13-14,23-28H2,(H,51,53)(H,54,58)(H,55,59)/t40-,41-,43?,44?/m0/s1. The van der Waals surface area contributed by atoms with Crippen LogP contribution in [-0.2, 0) is 19.2 Å². The summed E-state index contributed by atoms with van der Waals surface area (Å²) in [6, 6.07) is 34.2. The Morgan fingerprint density at radius 1 is 0.565 bits per heavy atom. The van der Waals surface area contributed by atoms with Gasteiger partial charge >= 0.3 is 0 Å². The summed E-state index contributed by atoms with van der Waals surface area (Å²) in [6.07, 6.45) is 10.6. The summed E-state index contributed by atoms with van der Waals surface area (Å²) < 4.78 is 0. The van der Waals surface area contributed by atoms with E-state index < -0.39 is 12.1 Å². The summed E-state index contributed by atoms with van der Waals surface area (Å²) >= 11 is 1.62. The fourth-order valence-corrected chi connectivity index (χ4v) is 9.98. The van der Waals surface area contributed by atoms with Crippen LogP contribution in [0.4, 0.5) is 0 Å². The van der Waals surface area contributed by atoms with E-state index in [-0.39, 0.29) is 47.5 Å². The molecule has 4 atom stereocenters. The van der Waals surface area contributed by atoms with Gasteiger partial charge in [-0.05, 0) is 84.7 Å². The van der Waals surface area contributed by atoms with Crippen LogP contribution in [0.3, 0.4) is 0 Å². The van der Waals surface area contributed by atoms with Crippen molar-refractivity contribution in [3.63, 3.8) is 0 Å². The second-order valence-corrected chi connectivity index (χ2v) is 18.1. The molecule has 4 fully saturated rings. The summed E-state index contributed by atoms with van der Waals surface area (Å²) in [5.41, 5.74) is 6.70. The molecule has 2 saturated heterocycles. The molecule has 4 heterocycles. The minimum absolute atomic E-state index is 0.00262. The Morgan fingerprint density at radius 3 is 1.58 bits per heavy atom. The fourth-order valence-electron chi connectivity index (χ4n) is 8.91. The molecule has 2 aromatic heterocycles. The number of hydrogen-bond acceptors (Lipinski definition) is 7. The van der Waals surface area contributed by atoms with Gasteiger partial charge in [0, 0.05) is 31.1 Å². The second kappa shape index (κ2) is 17.2. The van der Waals surface area contributed by atoms with Gasteiger partial charge in [0.2, 0.25) is 23.6 Å². The monoisotopic (exact) mass is 843 g/mol. The first kappa shape index (κ1) is 39.7. The molecule has 0 spiro atoms. The van der Waals surface area contributed by atoms with Gasteiger partial charge < -0.3 is 25.4 Å². The van der Waals surface area contributed by atoms with Crippen LogP contribution in [0.5, 0.6) is 0 Å². The number of hydrogen-bond donors (Lipinski definition) is 3. The highest BCUT2D eigenvalue weighted by atomic mass is 32.1. The molecule has 314 valence electrons. The number of nitrogens with zero attached hydrogens (tertiary/aromatic N) is 4. The van der Waals surface area contributed by atoms with E-state index in [4.69, 9.17) is 9.97 Å². The highest BCUT2D eigenvalue weighted by molar-refractivity contribution is 7.15. The zero-order chi connectivity index (χ0) is 42.2. The molecule has 12 heteroatoms. The van der Waals surface area contributed by atoms with E-state index >= 15 is 0 Å². The zero-order valence-electron chi connectivity index (χ0n) is 34.4. The van der Waals surface area contributed by atoms with Gasteiger partial charge in [0.05, 0.1) is 28.9 Å². The number of rotatable bonds is 13. The van der Waals surface area contributed by atoms with Gasteiger partial charge in [-0.2, -0.15) is 0 Å². The lowest BCUT2D eigenvalue weighted by Crippen LogP contribution is -2.43. The predicted molar refractivity (Wildman–Crippen MR) is 238 cm³/mol. The van der Waals surface area contributed by atoms with Crippen LogP contribution in [0.2, 0.25) is 0 Å². The molecular formula is C50H49N7O4S. The van der Waals surface area contributed by atoms with Crippen LogP contribution in [0.25, 0.3) is 32.8 Å². The van der Waals surface area contributed by atoms with Crippen LogP contribution >= 0.6 is 11.3 Å². The van der Waals surface area contributed by atoms with Crippen molar-refractivity contribution in [3.8, 4) is 32.8 Å². The number of imidazole rings is 1. The van der Waals surface area contributed by atoms with E-state index in [1.165, 1.54) is 0 Å². The van der Waals surface area contributed by atoms with Gasteiger partial charge in [-0.3, -0.25) is 19.2 Å². The van der Waals surface area contributed by atoms with Gasteiger partial charge in [0.15, 0.2) is 0 Å². The molecule has 2 unspecified atom stereocenters. The second-order valence-electron chi connectivity index (χ2n) is 17.0. The quantitative estimate of drug-likeness (QED) is 0.106. The Labute approximate surface area is 365 Å². The molecule has 3 N–H and O–H groups in total. The number of aromatic nitrogens is 3. The van der Waals surface area contributed by atoms with Gasteiger partial charge in [-0.1, -0.05) is 109 Å². The average Bonchev–Trinajstić information content (AvgIpc) is 4.07. The smallest absolute Gasteiger partial charge is 0.250 e. The lowest BCUT2D eigenvalue weighted by molar-refractivity contribution is -0.138. The molecule has 11 nitrogen and oxygen atoms in total. The third kappa shape index (κ3) is 8.31. The number of aromatic amines is 1. The number of H-pyrrole nitrogens is 1. The SMILES string of the molecule is O=C(NC(C(=O)N1CCC[C@H]1c1ncc(-c2ccc(-c3ccc(-c4cnc([C@@H]5CCCN5C(=O)C(NC(=O)C5CC5)c5ccccc5)s4)cc3)cc2)[nH]1)c1ccccc1)C1CC1. The number of thiazole rings is 1. The molecule has 2 aliphatic carbocycles. The average molecular weight is 844 g/mol. The first-order chi connectivity index (χ1) is 30.4. The number of carbonyl (C=O) groups is 4. The lowest BCUT2D eigenvalue weighted by Gasteiger charge is -2.28. The molecule has 62 heavy (non-hydrogen) atoms. The van der Waals surface area contributed by atoms with E-state index in [2.05, 4.69) is 64.1 Å². The molecular weight excluding hydrogens is 795 g/mol. The van der Waals surface area contributed by atoms with E-state index in [0.29, 0.717) is 13.1 Å². The highest BCUT2D eigenvalue weighted by Crippen LogP contribution is 2.40. The first-order valence-electron chi connectivity index (χ1n) is 21.9. The van der Waals surface area contributed by atoms with E-state index in [1.807, 2.05) is 82.9 Å². The van der Waals surface area contributed by atoms with E-state index in [0.717, 1.165) is 106 Å². The number of nitrogens with one attached hydrogen (secondary N) is 3. The Bertz CT molecular complexity index is 2390. The third-order valence-electron chi connectivity index (χ3n) is 12.7. The van der Waals surface area contributed by atoms with E-state index in [1.54, 1.807) is 11.3 Å². The third-order valence-corrected chi connectivity index (χ3v) is 13.9. The molecule has 2 saturated carbocycles. The largest absolute Gasteiger partial charge is 0.340 e. The zero-order valence-corrected chi connectivity index (χ0v) is 35.2. The fraction of sp³-hybridized carbons (Fsp3) is 0.320. The van der Waals surface area contributed by atoms with Crippen LogP contribution < -0.4 is 10.6 Å². The minimum atomic E-state index is -0.729. The van der Waals surface area contributed by atoms with Crippen LogP contribution in [0.15, 0.2) is 122 Å². The topological polar surface area (TPSA) is 140 Å². The molecule has 4 aliphatic rings. The molecule has 0 radical (unpaired) electrons. The van der Waals surface area contributed by atoms with Crippen LogP contribution in [0, 0.1) is 11.8 Å². The van der Waals surface area contributed by atoms with Crippen molar-refractivity contribution in [2.45, 2.75) is 75.5 Å².